The van der Waals surface area contributed by atoms with Gasteiger partial charge >= 0.3 is 5.97 Å². The molecule has 1 aliphatic rings. The maximum Gasteiger partial charge on any atom is 0.305 e. The lowest BCUT2D eigenvalue weighted by atomic mass is 9.86. The third-order valence-electron chi connectivity index (χ3n) is 6.16. The minimum Gasteiger partial charge on any atom is -0.469 e. The Morgan fingerprint density at radius 1 is 1.14 bits per heavy atom. The predicted octanol–water partition coefficient (Wildman–Crippen LogP) is 5.13. The summed E-state index contributed by atoms with van der Waals surface area (Å²) in [6, 6.07) is 8.41. The number of methoxy groups -OCH3 is 1. The monoisotopic (exact) mass is 422 g/mol. The quantitative estimate of drug-likeness (QED) is 0.262. The molecule has 2 unspecified atom stereocenters. The molecule has 29 heavy (non-hydrogen) atoms. The maximum atomic E-state index is 11.1. The van der Waals surface area contributed by atoms with Crippen LogP contribution in [0.5, 0.6) is 0 Å². The molecular weight excluding hydrogens is 384 g/mol. The molecule has 0 heterocycles. The Bertz CT molecular complexity index is 589. The molecule has 1 saturated carbocycles. The number of carbonyl (C=O) groups is 1. The van der Waals surface area contributed by atoms with Gasteiger partial charge in [-0.2, -0.15) is 0 Å². The Balaban J connectivity index is 1.62. The van der Waals surface area contributed by atoms with Crippen molar-refractivity contribution >= 4 is 17.7 Å². The third kappa shape index (κ3) is 9.10. The van der Waals surface area contributed by atoms with Crippen molar-refractivity contribution in [2.24, 2.45) is 11.8 Å². The summed E-state index contributed by atoms with van der Waals surface area (Å²) in [4.78, 5) is 12.3. The van der Waals surface area contributed by atoms with Crippen LogP contribution in [-0.4, -0.2) is 41.3 Å². The molecule has 1 aliphatic carbocycles. The van der Waals surface area contributed by atoms with Gasteiger partial charge in [-0.25, -0.2) is 0 Å². The highest BCUT2D eigenvalue weighted by Gasteiger charge is 2.34. The van der Waals surface area contributed by atoms with Crippen LogP contribution in [0.4, 0.5) is 0 Å². The summed E-state index contributed by atoms with van der Waals surface area (Å²) < 4.78 is 4.67. The van der Waals surface area contributed by atoms with E-state index in [9.17, 15) is 15.0 Å². The Kier molecular flexibility index (Phi) is 11.1. The van der Waals surface area contributed by atoms with Crippen molar-refractivity contribution in [2.45, 2.75) is 88.2 Å². The van der Waals surface area contributed by atoms with E-state index < -0.39 is 0 Å². The van der Waals surface area contributed by atoms with Crippen molar-refractivity contribution in [1.29, 1.82) is 0 Å². The van der Waals surface area contributed by atoms with E-state index in [-0.39, 0.29) is 18.2 Å². The van der Waals surface area contributed by atoms with Crippen molar-refractivity contribution in [1.82, 2.24) is 0 Å². The highest BCUT2D eigenvalue weighted by atomic mass is 32.2. The zero-order chi connectivity index (χ0) is 21.1. The van der Waals surface area contributed by atoms with Crippen molar-refractivity contribution in [3.63, 3.8) is 0 Å². The molecule has 2 N–H and O–H groups in total. The highest BCUT2D eigenvalue weighted by Crippen LogP contribution is 2.39. The average molecular weight is 423 g/mol. The van der Waals surface area contributed by atoms with E-state index in [1.54, 1.807) is 11.8 Å². The van der Waals surface area contributed by atoms with E-state index in [4.69, 9.17) is 0 Å². The van der Waals surface area contributed by atoms with Crippen LogP contribution in [0.2, 0.25) is 0 Å². The number of hydrogen-bond donors (Lipinski definition) is 2. The molecule has 0 radical (unpaired) electrons. The fourth-order valence-corrected chi connectivity index (χ4v) is 5.22. The number of carbonyl (C=O) groups excluding carboxylic acids is 1. The second-order valence-corrected chi connectivity index (χ2v) is 9.55. The first-order chi connectivity index (χ1) is 14.0. The fourth-order valence-electron chi connectivity index (χ4n) is 4.34. The second kappa shape index (κ2) is 13.3. The van der Waals surface area contributed by atoms with Crippen molar-refractivity contribution in [3.05, 3.63) is 29.8 Å². The molecule has 5 heteroatoms. The number of esters is 1. The predicted molar refractivity (Wildman–Crippen MR) is 119 cm³/mol. The first-order valence-corrected chi connectivity index (χ1v) is 12.1. The molecule has 1 aromatic rings. The molecule has 1 aromatic carbocycles. The molecule has 0 amide bonds. The number of thioether (sulfide) groups is 1. The summed E-state index contributed by atoms with van der Waals surface area (Å²) in [5, 5.41) is 20.8. The third-order valence-corrected chi connectivity index (χ3v) is 7.32. The van der Waals surface area contributed by atoms with Gasteiger partial charge in [0.15, 0.2) is 0 Å². The van der Waals surface area contributed by atoms with Crippen LogP contribution >= 0.6 is 11.8 Å². The van der Waals surface area contributed by atoms with Crippen LogP contribution in [0.3, 0.4) is 0 Å². The van der Waals surface area contributed by atoms with Gasteiger partial charge in [0.05, 0.1) is 19.3 Å². The lowest BCUT2D eigenvalue weighted by molar-refractivity contribution is -0.140. The maximum absolute atomic E-state index is 11.1. The molecule has 0 spiro atoms. The van der Waals surface area contributed by atoms with Gasteiger partial charge in [-0.3, -0.25) is 4.79 Å². The Hall–Kier alpha value is -1.04. The second-order valence-electron chi connectivity index (χ2n) is 8.45. The number of ether oxygens (including phenoxy) is 1. The summed E-state index contributed by atoms with van der Waals surface area (Å²) in [5.41, 5.74) is 1.25. The zero-order valence-corrected chi connectivity index (χ0v) is 18.8. The molecule has 4 nitrogen and oxygen atoms in total. The van der Waals surface area contributed by atoms with Crippen molar-refractivity contribution in [3.8, 4) is 0 Å². The lowest BCUT2D eigenvalue weighted by Crippen LogP contribution is -2.22. The van der Waals surface area contributed by atoms with Crippen LogP contribution in [0, 0.1) is 18.8 Å². The molecule has 164 valence electrons. The summed E-state index contributed by atoms with van der Waals surface area (Å²) in [6.45, 7) is 2.08. The van der Waals surface area contributed by atoms with Gasteiger partial charge in [0, 0.05) is 17.1 Å². The minimum atomic E-state index is -0.326. The van der Waals surface area contributed by atoms with Gasteiger partial charge in [0.1, 0.15) is 0 Å². The zero-order valence-electron chi connectivity index (χ0n) is 18.0. The Labute approximate surface area is 180 Å². The number of unbranched alkanes of at least 4 members (excludes halogenated alkanes) is 3. The standard InChI is InChI=1S/C24H38O4S/c1-18-9-13-21(14-10-18)29-17-20(25)12-15-22-19(11-16-23(22)26)7-5-3-4-6-8-24(27)28-2/h9-10,13-14,19-20,22-23,25-26H,3-8,11-12,15-17H2,1-2H3/t19?,20?,22-,23-/m1/s1. The molecule has 4 atom stereocenters. The first-order valence-electron chi connectivity index (χ1n) is 11.1. The van der Waals surface area contributed by atoms with Crippen molar-refractivity contribution < 1.29 is 19.7 Å². The normalized spacial score (nSPS) is 22.6. The number of aliphatic hydroxyl groups is 2. The van der Waals surface area contributed by atoms with Crippen LogP contribution in [0.25, 0.3) is 0 Å². The molecule has 0 aliphatic heterocycles. The van der Waals surface area contributed by atoms with E-state index in [0.717, 1.165) is 57.8 Å². The van der Waals surface area contributed by atoms with E-state index >= 15 is 0 Å². The fraction of sp³-hybridized carbons (Fsp3) is 0.708. The topological polar surface area (TPSA) is 66.8 Å². The first kappa shape index (κ1) is 24.2. The lowest BCUT2D eigenvalue weighted by Gasteiger charge is -2.23. The number of hydrogen-bond acceptors (Lipinski definition) is 5. The van der Waals surface area contributed by atoms with Gasteiger partial charge in [0.25, 0.3) is 0 Å². The van der Waals surface area contributed by atoms with Crippen LogP contribution < -0.4 is 0 Å². The minimum absolute atomic E-state index is 0.122. The number of aryl methyl sites for hydroxylation is 1. The Morgan fingerprint density at radius 2 is 1.86 bits per heavy atom. The highest BCUT2D eigenvalue weighted by molar-refractivity contribution is 7.99. The summed E-state index contributed by atoms with van der Waals surface area (Å²) in [6.07, 6.45) is 9.03. The molecule has 0 aromatic heterocycles. The Morgan fingerprint density at radius 3 is 2.59 bits per heavy atom. The summed E-state index contributed by atoms with van der Waals surface area (Å²) in [7, 11) is 1.44. The van der Waals surface area contributed by atoms with Crippen LogP contribution in [0.15, 0.2) is 29.2 Å². The SMILES string of the molecule is COC(=O)CCCCCCC1CC[C@@H](O)[C@@H]1CCC(O)CSc1ccc(C)cc1. The number of aliphatic hydroxyl groups excluding tert-OH is 2. The molecule has 2 rings (SSSR count). The molecule has 1 fully saturated rings. The largest absolute Gasteiger partial charge is 0.469 e. The van der Waals surface area contributed by atoms with Gasteiger partial charge in [-0.05, 0) is 63.0 Å². The average Bonchev–Trinajstić information content (AvgIpc) is 3.07. The van der Waals surface area contributed by atoms with Crippen molar-refractivity contribution in [2.75, 3.05) is 12.9 Å². The van der Waals surface area contributed by atoms with E-state index in [2.05, 4.69) is 35.9 Å². The van der Waals surface area contributed by atoms with Gasteiger partial charge in [0.2, 0.25) is 0 Å². The van der Waals surface area contributed by atoms with E-state index in [1.165, 1.54) is 17.6 Å². The van der Waals surface area contributed by atoms with Gasteiger partial charge in [-0.15, -0.1) is 11.8 Å². The number of benzene rings is 1. The van der Waals surface area contributed by atoms with E-state index in [0.29, 0.717) is 24.0 Å². The van der Waals surface area contributed by atoms with Gasteiger partial charge < -0.3 is 14.9 Å². The van der Waals surface area contributed by atoms with Crippen LogP contribution in [0.1, 0.15) is 69.8 Å². The van der Waals surface area contributed by atoms with E-state index in [1.807, 2.05) is 0 Å². The molecular formula is C24H38O4S. The van der Waals surface area contributed by atoms with Gasteiger partial charge in [-0.1, -0.05) is 43.4 Å². The molecule has 0 saturated heterocycles. The summed E-state index contributed by atoms with van der Waals surface area (Å²) in [5.74, 6) is 1.48. The molecule has 0 bridgehead atoms. The smallest absolute Gasteiger partial charge is 0.305 e. The number of rotatable bonds is 13. The summed E-state index contributed by atoms with van der Waals surface area (Å²) >= 11 is 1.70. The van der Waals surface area contributed by atoms with Crippen LogP contribution in [-0.2, 0) is 9.53 Å².